The predicted molar refractivity (Wildman–Crippen MR) is 104 cm³/mol. The van der Waals surface area contributed by atoms with E-state index in [4.69, 9.17) is 21.1 Å². The summed E-state index contributed by atoms with van der Waals surface area (Å²) in [6.45, 7) is 2.43. The summed E-state index contributed by atoms with van der Waals surface area (Å²) in [6.07, 6.45) is 5.29. The molecule has 1 aromatic heterocycles. The average molecular weight is 475 g/mol. The molecule has 25 heavy (non-hydrogen) atoms. The van der Waals surface area contributed by atoms with E-state index in [0.29, 0.717) is 23.0 Å². The molecule has 2 atom stereocenters. The van der Waals surface area contributed by atoms with Gasteiger partial charge in [0.25, 0.3) is 0 Å². The van der Waals surface area contributed by atoms with Crippen LogP contribution < -0.4 is 0 Å². The fourth-order valence-electron chi connectivity index (χ4n) is 2.93. The van der Waals surface area contributed by atoms with Gasteiger partial charge in [-0.2, -0.15) is 0 Å². The first-order valence-corrected chi connectivity index (χ1v) is 9.62. The van der Waals surface area contributed by atoms with Crippen molar-refractivity contribution < 1.29 is 14.3 Å². The molecule has 1 aromatic carbocycles. The summed E-state index contributed by atoms with van der Waals surface area (Å²) in [6, 6.07) is 5.29. The van der Waals surface area contributed by atoms with Gasteiger partial charge in [-0.15, -0.1) is 0 Å². The van der Waals surface area contributed by atoms with Crippen molar-refractivity contribution in [1.29, 1.82) is 0 Å². The van der Waals surface area contributed by atoms with Crippen LogP contribution >= 0.6 is 34.2 Å². The van der Waals surface area contributed by atoms with Gasteiger partial charge in [0.05, 0.1) is 23.2 Å². The molecule has 3 rings (SSSR count). The fraction of sp³-hybridized carbons (Fsp3) is 0.444. The molecular formula is C18H20ClIN2O3. The Balaban J connectivity index is 1.81. The third-order valence-corrected chi connectivity index (χ3v) is 5.42. The first-order valence-electron chi connectivity index (χ1n) is 8.16. The number of methoxy groups -OCH3 is 1. The van der Waals surface area contributed by atoms with E-state index in [-0.39, 0.29) is 6.10 Å². The van der Waals surface area contributed by atoms with Crippen LogP contribution in [0.1, 0.15) is 29.0 Å². The summed E-state index contributed by atoms with van der Waals surface area (Å²) in [7, 11) is 1.67. The van der Waals surface area contributed by atoms with Crippen molar-refractivity contribution in [2.75, 3.05) is 7.11 Å². The molecule has 0 saturated heterocycles. The number of rotatable bonds is 7. The fourth-order valence-corrected chi connectivity index (χ4v) is 3.86. The Labute approximate surface area is 165 Å². The highest BCUT2D eigenvalue weighted by atomic mass is 127. The number of benzene rings is 1. The standard InChI is InChI=1S/C18H20ClIN2O3/c1-11-21-7-8-22(11)10-16(17(24-2)12-3-4-12)25-18(23)14-6-5-13(20)9-15(14)19/h5-9,12,16-17H,3-4,10H2,1-2H3. The largest absolute Gasteiger partial charge is 0.454 e. The number of aryl methyl sites for hydroxylation is 1. The zero-order valence-corrected chi connectivity index (χ0v) is 17.0. The predicted octanol–water partition coefficient (Wildman–Crippen LogP) is 4.10. The molecule has 1 fully saturated rings. The third kappa shape index (κ3) is 4.54. The van der Waals surface area contributed by atoms with Crippen LogP contribution in [0.2, 0.25) is 5.02 Å². The number of imidazole rings is 1. The van der Waals surface area contributed by atoms with E-state index in [2.05, 4.69) is 27.6 Å². The van der Waals surface area contributed by atoms with Crippen LogP contribution in [0.4, 0.5) is 0 Å². The maximum atomic E-state index is 12.7. The Morgan fingerprint density at radius 1 is 1.48 bits per heavy atom. The first kappa shape index (κ1) is 18.7. The molecule has 1 aliphatic carbocycles. The molecule has 0 amide bonds. The molecule has 2 unspecified atom stereocenters. The normalized spacial score (nSPS) is 16.5. The van der Waals surface area contributed by atoms with Gasteiger partial charge < -0.3 is 14.0 Å². The van der Waals surface area contributed by atoms with Gasteiger partial charge in [-0.3, -0.25) is 0 Å². The van der Waals surface area contributed by atoms with Gasteiger partial charge in [-0.05, 0) is 66.5 Å². The molecule has 0 N–H and O–H groups in total. The number of hydrogen-bond donors (Lipinski definition) is 0. The molecule has 1 heterocycles. The molecule has 5 nitrogen and oxygen atoms in total. The summed E-state index contributed by atoms with van der Waals surface area (Å²) >= 11 is 8.37. The Bertz CT molecular complexity index is 761. The van der Waals surface area contributed by atoms with E-state index in [1.54, 1.807) is 25.4 Å². The molecule has 2 aromatic rings. The van der Waals surface area contributed by atoms with Gasteiger partial charge in [0.15, 0.2) is 0 Å². The van der Waals surface area contributed by atoms with E-state index in [1.807, 2.05) is 23.8 Å². The monoisotopic (exact) mass is 474 g/mol. The highest BCUT2D eigenvalue weighted by molar-refractivity contribution is 14.1. The molecule has 1 aliphatic rings. The number of esters is 1. The molecule has 0 aliphatic heterocycles. The smallest absolute Gasteiger partial charge is 0.340 e. The summed E-state index contributed by atoms with van der Waals surface area (Å²) in [4.78, 5) is 16.9. The lowest BCUT2D eigenvalue weighted by Gasteiger charge is -2.27. The van der Waals surface area contributed by atoms with Crippen LogP contribution in [0.5, 0.6) is 0 Å². The third-order valence-electron chi connectivity index (χ3n) is 4.43. The van der Waals surface area contributed by atoms with Gasteiger partial charge in [0.2, 0.25) is 0 Å². The van der Waals surface area contributed by atoms with E-state index in [9.17, 15) is 4.79 Å². The maximum Gasteiger partial charge on any atom is 0.340 e. The summed E-state index contributed by atoms with van der Waals surface area (Å²) in [5.74, 6) is 0.879. The number of halogens is 2. The van der Waals surface area contributed by atoms with Gasteiger partial charge in [0.1, 0.15) is 11.9 Å². The Morgan fingerprint density at radius 3 is 2.80 bits per heavy atom. The van der Waals surface area contributed by atoms with Crippen molar-refractivity contribution in [3.8, 4) is 0 Å². The highest BCUT2D eigenvalue weighted by Gasteiger charge is 2.39. The lowest BCUT2D eigenvalue weighted by Crippen LogP contribution is -2.38. The molecular weight excluding hydrogens is 455 g/mol. The van der Waals surface area contributed by atoms with Crippen molar-refractivity contribution >= 4 is 40.2 Å². The van der Waals surface area contributed by atoms with Crippen LogP contribution in [0.3, 0.4) is 0 Å². The number of ether oxygens (including phenoxy) is 2. The molecule has 0 bridgehead atoms. The number of carbonyl (C=O) groups excluding carboxylic acids is 1. The van der Waals surface area contributed by atoms with Crippen molar-refractivity contribution in [3.05, 3.63) is 50.6 Å². The van der Waals surface area contributed by atoms with E-state index >= 15 is 0 Å². The topological polar surface area (TPSA) is 53.4 Å². The lowest BCUT2D eigenvalue weighted by atomic mass is 10.1. The van der Waals surface area contributed by atoms with E-state index in [1.165, 1.54) is 0 Å². The molecule has 0 spiro atoms. The van der Waals surface area contributed by atoms with Gasteiger partial charge in [-0.25, -0.2) is 9.78 Å². The minimum Gasteiger partial charge on any atom is -0.454 e. The Hall–Kier alpha value is -1.12. The van der Waals surface area contributed by atoms with Crippen LogP contribution in [-0.2, 0) is 16.0 Å². The summed E-state index contributed by atoms with van der Waals surface area (Å²) in [5.41, 5.74) is 0.375. The van der Waals surface area contributed by atoms with Crippen LogP contribution in [0.15, 0.2) is 30.6 Å². The van der Waals surface area contributed by atoms with Crippen LogP contribution in [-0.4, -0.2) is 34.8 Å². The molecule has 7 heteroatoms. The van der Waals surface area contributed by atoms with Crippen molar-refractivity contribution in [2.45, 2.75) is 38.5 Å². The summed E-state index contributed by atoms with van der Waals surface area (Å²) < 4.78 is 14.5. The summed E-state index contributed by atoms with van der Waals surface area (Å²) in [5, 5.41) is 0.398. The second-order valence-corrected chi connectivity index (χ2v) is 7.89. The number of hydrogen-bond acceptors (Lipinski definition) is 4. The quantitative estimate of drug-likeness (QED) is 0.448. The molecule has 1 saturated carbocycles. The maximum absolute atomic E-state index is 12.7. The first-order chi connectivity index (χ1) is 12.0. The van der Waals surface area contributed by atoms with E-state index < -0.39 is 12.1 Å². The van der Waals surface area contributed by atoms with Crippen LogP contribution in [0, 0.1) is 16.4 Å². The minimum atomic E-state index is -0.424. The lowest BCUT2D eigenvalue weighted by molar-refractivity contribution is -0.0508. The average Bonchev–Trinajstić information content (AvgIpc) is 3.31. The van der Waals surface area contributed by atoms with E-state index in [0.717, 1.165) is 22.2 Å². The van der Waals surface area contributed by atoms with Crippen molar-refractivity contribution in [1.82, 2.24) is 9.55 Å². The molecule has 134 valence electrons. The SMILES string of the molecule is COC(C1CC1)C(Cn1ccnc1C)OC(=O)c1ccc(I)cc1Cl. The number of aromatic nitrogens is 2. The molecule has 0 radical (unpaired) electrons. The Morgan fingerprint density at radius 2 is 2.24 bits per heavy atom. The second-order valence-electron chi connectivity index (χ2n) is 6.23. The van der Waals surface area contributed by atoms with Gasteiger partial charge >= 0.3 is 5.97 Å². The zero-order valence-electron chi connectivity index (χ0n) is 14.1. The van der Waals surface area contributed by atoms with Crippen molar-refractivity contribution in [3.63, 3.8) is 0 Å². The second kappa shape index (κ2) is 8.05. The number of nitrogens with zero attached hydrogens (tertiary/aromatic N) is 2. The highest BCUT2D eigenvalue weighted by Crippen LogP contribution is 2.37. The van der Waals surface area contributed by atoms with Crippen LogP contribution in [0.25, 0.3) is 0 Å². The number of carbonyl (C=O) groups is 1. The van der Waals surface area contributed by atoms with Gasteiger partial charge in [0, 0.05) is 23.1 Å². The Kier molecular flexibility index (Phi) is 6.01. The zero-order chi connectivity index (χ0) is 18.0. The van der Waals surface area contributed by atoms with Gasteiger partial charge in [-0.1, -0.05) is 11.6 Å². The van der Waals surface area contributed by atoms with Crippen molar-refractivity contribution in [2.24, 2.45) is 5.92 Å². The minimum absolute atomic E-state index is 0.131.